The van der Waals surface area contributed by atoms with Crippen LogP contribution in [0.3, 0.4) is 0 Å². The average molecular weight is 202 g/mol. The number of benzene rings is 1. The van der Waals surface area contributed by atoms with Crippen molar-refractivity contribution in [2.45, 2.75) is 0 Å². The number of terminal acetylenes is 1. The first-order valence-corrected chi connectivity index (χ1v) is 4.63. The SMILES string of the molecule is C#Cc1ccccc1NC(=O)CN(C)C. The molecular formula is C12H14N2O. The summed E-state index contributed by atoms with van der Waals surface area (Å²) in [6.07, 6.45) is 5.32. The van der Waals surface area contributed by atoms with Crippen LogP contribution < -0.4 is 5.32 Å². The number of nitrogens with zero attached hydrogens (tertiary/aromatic N) is 1. The monoisotopic (exact) mass is 202 g/mol. The lowest BCUT2D eigenvalue weighted by Crippen LogP contribution is -2.27. The Hall–Kier alpha value is -1.79. The van der Waals surface area contributed by atoms with Gasteiger partial charge in [-0.3, -0.25) is 4.79 Å². The zero-order chi connectivity index (χ0) is 11.3. The molecule has 1 aromatic rings. The van der Waals surface area contributed by atoms with E-state index >= 15 is 0 Å². The number of hydrogen-bond acceptors (Lipinski definition) is 2. The van der Waals surface area contributed by atoms with Gasteiger partial charge in [0.2, 0.25) is 5.91 Å². The van der Waals surface area contributed by atoms with E-state index in [1.807, 2.05) is 26.2 Å². The Morgan fingerprint density at radius 3 is 2.73 bits per heavy atom. The molecule has 0 saturated carbocycles. The Balaban J connectivity index is 2.73. The molecule has 0 unspecified atom stereocenters. The van der Waals surface area contributed by atoms with Crippen molar-refractivity contribution in [2.75, 3.05) is 26.0 Å². The van der Waals surface area contributed by atoms with Gasteiger partial charge in [0.25, 0.3) is 0 Å². The summed E-state index contributed by atoms with van der Waals surface area (Å²) in [5.74, 6) is 2.46. The summed E-state index contributed by atoms with van der Waals surface area (Å²) in [4.78, 5) is 13.3. The smallest absolute Gasteiger partial charge is 0.238 e. The number of carbonyl (C=O) groups excluding carboxylic acids is 1. The van der Waals surface area contributed by atoms with Crippen molar-refractivity contribution in [2.24, 2.45) is 0 Å². The molecule has 0 radical (unpaired) electrons. The highest BCUT2D eigenvalue weighted by Crippen LogP contribution is 2.12. The molecule has 0 spiro atoms. The zero-order valence-corrected chi connectivity index (χ0v) is 8.95. The fourth-order valence-corrected chi connectivity index (χ4v) is 1.19. The van der Waals surface area contributed by atoms with Gasteiger partial charge in [-0.25, -0.2) is 0 Å². The third kappa shape index (κ3) is 3.45. The maximum absolute atomic E-state index is 11.5. The van der Waals surface area contributed by atoms with Crippen LogP contribution in [0.4, 0.5) is 5.69 Å². The van der Waals surface area contributed by atoms with Gasteiger partial charge in [0.05, 0.1) is 12.2 Å². The molecule has 0 aliphatic rings. The number of amides is 1. The van der Waals surface area contributed by atoms with Crippen LogP contribution in [0.5, 0.6) is 0 Å². The van der Waals surface area contributed by atoms with E-state index in [4.69, 9.17) is 6.42 Å². The number of carbonyl (C=O) groups is 1. The Morgan fingerprint density at radius 1 is 1.47 bits per heavy atom. The van der Waals surface area contributed by atoms with Gasteiger partial charge in [0, 0.05) is 5.56 Å². The van der Waals surface area contributed by atoms with E-state index in [2.05, 4.69) is 11.2 Å². The van der Waals surface area contributed by atoms with Gasteiger partial charge in [-0.15, -0.1) is 6.42 Å². The van der Waals surface area contributed by atoms with Crippen molar-refractivity contribution in [3.05, 3.63) is 29.8 Å². The molecule has 3 nitrogen and oxygen atoms in total. The number of para-hydroxylation sites is 1. The number of rotatable bonds is 3. The van der Waals surface area contributed by atoms with Crippen LogP contribution in [0.2, 0.25) is 0 Å². The normalized spacial score (nSPS) is 9.73. The quantitative estimate of drug-likeness (QED) is 0.746. The van der Waals surface area contributed by atoms with Crippen LogP contribution >= 0.6 is 0 Å². The zero-order valence-electron chi connectivity index (χ0n) is 8.95. The molecule has 0 aliphatic carbocycles. The van der Waals surface area contributed by atoms with Gasteiger partial charge in [0.1, 0.15) is 0 Å². The van der Waals surface area contributed by atoms with Crippen LogP contribution in [0.1, 0.15) is 5.56 Å². The van der Waals surface area contributed by atoms with E-state index in [1.54, 1.807) is 17.0 Å². The molecule has 78 valence electrons. The largest absolute Gasteiger partial charge is 0.324 e. The molecule has 0 saturated heterocycles. The van der Waals surface area contributed by atoms with Gasteiger partial charge in [0.15, 0.2) is 0 Å². The highest BCUT2D eigenvalue weighted by molar-refractivity contribution is 5.93. The number of nitrogens with one attached hydrogen (secondary N) is 1. The van der Waals surface area contributed by atoms with Crippen molar-refractivity contribution < 1.29 is 4.79 Å². The maximum atomic E-state index is 11.5. The predicted molar refractivity (Wildman–Crippen MR) is 61.6 cm³/mol. The van der Waals surface area contributed by atoms with Crippen molar-refractivity contribution in [1.29, 1.82) is 0 Å². The molecule has 0 aromatic heterocycles. The second-order valence-corrected chi connectivity index (χ2v) is 3.48. The number of likely N-dealkylation sites (N-methyl/N-ethyl adjacent to an activating group) is 1. The van der Waals surface area contributed by atoms with E-state index in [9.17, 15) is 4.79 Å². The summed E-state index contributed by atoms with van der Waals surface area (Å²) in [5, 5.41) is 2.77. The predicted octanol–water partition coefficient (Wildman–Crippen LogP) is 1.17. The number of anilines is 1. The first-order valence-electron chi connectivity index (χ1n) is 4.63. The van der Waals surface area contributed by atoms with Crippen LogP contribution in [0, 0.1) is 12.3 Å². The van der Waals surface area contributed by atoms with Gasteiger partial charge in [-0.1, -0.05) is 18.1 Å². The molecule has 0 bridgehead atoms. The van der Waals surface area contributed by atoms with Gasteiger partial charge >= 0.3 is 0 Å². The fourth-order valence-electron chi connectivity index (χ4n) is 1.19. The molecule has 0 atom stereocenters. The van der Waals surface area contributed by atoms with Crippen molar-refractivity contribution in [3.8, 4) is 12.3 Å². The second-order valence-electron chi connectivity index (χ2n) is 3.48. The second kappa shape index (κ2) is 5.18. The summed E-state index contributed by atoms with van der Waals surface area (Å²) in [6, 6.07) is 7.27. The van der Waals surface area contributed by atoms with E-state index < -0.39 is 0 Å². The van der Waals surface area contributed by atoms with Crippen LogP contribution in [0.15, 0.2) is 24.3 Å². The number of hydrogen-bond donors (Lipinski definition) is 1. The minimum absolute atomic E-state index is 0.0669. The highest BCUT2D eigenvalue weighted by Gasteiger charge is 2.05. The van der Waals surface area contributed by atoms with E-state index in [-0.39, 0.29) is 5.91 Å². The van der Waals surface area contributed by atoms with Crippen LogP contribution in [-0.4, -0.2) is 31.4 Å². The molecule has 1 amide bonds. The molecule has 0 aliphatic heterocycles. The summed E-state index contributed by atoms with van der Waals surface area (Å²) in [7, 11) is 3.68. The maximum Gasteiger partial charge on any atom is 0.238 e. The summed E-state index contributed by atoms with van der Waals surface area (Å²) >= 11 is 0. The molecule has 3 heteroatoms. The molecule has 1 rings (SSSR count). The lowest BCUT2D eigenvalue weighted by molar-refractivity contribution is -0.116. The first kappa shape index (κ1) is 11.3. The summed E-state index contributed by atoms with van der Waals surface area (Å²) < 4.78 is 0. The fraction of sp³-hybridized carbons (Fsp3) is 0.250. The molecule has 1 N–H and O–H groups in total. The lowest BCUT2D eigenvalue weighted by Gasteiger charge is -2.11. The highest BCUT2D eigenvalue weighted by atomic mass is 16.2. The lowest BCUT2D eigenvalue weighted by atomic mass is 10.2. The third-order valence-corrected chi connectivity index (χ3v) is 1.82. The van der Waals surface area contributed by atoms with E-state index in [0.717, 1.165) is 0 Å². The third-order valence-electron chi connectivity index (χ3n) is 1.82. The minimum atomic E-state index is -0.0669. The van der Waals surface area contributed by atoms with Gasteiger partial charge < -0.3 is 10.2 Å². The van der Waals surface area contributed by atoms with Gasteiger partial charge in [-0.2, -0.15) is 0 Å². The average Bonchev–Trinajstić information content (AvgIpc) is 2.17. The first-order chi connectivity index (χ1) is 7.13. The molecule has 0 fully saturated rings. The van der Waals surface area contributed by atoms with Gasteiger partial charge in [-0.05, 0) is 26.2 Å². The summed E-state index contributed by atoms with van der Waals surface area (Å²) in [6.45, 7) is 0.346. The van der Waals surface area contributed by atoms with E-state index in [0.29, 0.717) is 17.8 Å². The standard InChI is InChI=1S/C12H14N2O/c1-4-10-7-5-6-8-11(10)13-12(15)9-14(2)3/h1,5-8H,9H2,2-3H3,(H,13,15). The van der Waals surface area contributed by atoms with E-state index in [1.165, 1.54) is 0 Å². The Bertz CT molecular complexity index is 391. The molecule has 0 heterocycles. The Labute approximate surface area is 90.1 Å². The molecule has 1 aromatic carbocycles. The van der Waals surface area contributed by atoms with Crippen molar-refractivity contribution >= 4 is 11.6 Å². The molecular weight excluding hydrogens is 188 g/mol. The molecule has 15 heavy (non-hydrogen) atoms. The minimum Gasteiger partial charge on any atom is -0.324 e. The Morgan fingerprint density at radius 2 is 2.13 bits per heavy atom. The van der Waals surface area contributed by atoms with Crippen LogP contribution in [0.25, 0.3) is 0 Å². The van der Waals surface area contributed by atoms with Crippen molar-refractivity contribution in [3.63, 3.8) is 0 Å². The Kier molecular flexibility index (Phi) is 3.90. The van der Waals surface area contributed by atoms with Crippen molar-refractivity contribution in [1.82, 2.24) is 4.90 Å². The summed E-state index contributed by atoms with van der Waals surface area (Å²) in [5.41, 5.74) is 1.39. The topological polar surface area (TPSA) is 32.3 Å². The van der Waals surface area contributed by atoms with Crippen LogP contribution in [-0.2, 0) is 4.79 Å².